The lowest BCUT2D eigenvalue weighted by atomic mass is 10.2. The maximum Gasteiger partial charge on any atom is 0.296 e. The van der Waals surface area contributed by atoms with Gasteiger partial charge in [-0.15, -0.1) is 10.2 Å². The second-order valence-corrected chi connectivity index (χ2v) is 7.63. The first-order valence-electron chi connectivity index (χ1n) is 9.73. The Kier molecular flexibility index (Phi) is 6.60. The summed E-state index contributed by atoms with van der Waals surface area (Å²) < 4.78 is 6.87. The number of carbonyl (C=O) groups is 1. The number of aromatic nitrogens is 4. The van der Waals surface area contributed by atoms with Crippen molar-refractivity contribution >= 4 is 29.0 Å². The van der Waals surface area contributed by atoms with E-state index in [0.29, 0.717) is 16.7 Å². The second-order valence-electron chi connectivity index (χ2n) is 6.69. The lowest BCUT2D eigenvalue weighted by molar-refractivity contribution is -0.384. The van der Waals surface area contributed by atoms with Crippen LogP contribution in [-0.2, 0) is 4.79 Å². The summed E-state index contributed by atoms with van der Waals surface area (Å²) in [4.78, 5) is 27.4. The molecule has 0 fully saturated rings. The molecule has 10 nitrogen and oxygen atoms in total. The summed E-state index contributed by atoms with van der Waals surface area (Å²) in [6, 6.07) is 17.4. The quantitative estimate of drug-likeness (QED) is 0.237. The first kappa shape index (κ1) is 22.0. The van der Waals surface area contributed by atoms with Crippen LogP contribution in [0, 0.1) is 10.1 Å². The number of benzene rings is 2. The van der Waals surface area contributed by atoms with E-state index >= 15 is 0 Å². The number of hydrogen-bond donors (Lipinski definition) is 1. The Bertz CT molecular complexity index is 1280. The molecule has 33 heavy (non-hydrogen) atoms. The number of nitro benzene ring substituents is 1. The molecule has 0 aliphatic carbocycles. The molecule has 0 unspecified atom stereocenters. The van der Waals surface area contributed by atoms with E-state index in [-0.39, 0.29) is 17.1 Å². The minimum absolute atomic E-state index is 0.0233. The van der Waals surface area contributed by atoms with Crippen molar-refractivity contribution in [3.8, 4) is 22.8 Å². The van der Waals surface area contributed by atoms with Gasteiger partial charge in [-0.2, -0.15) is 0 Å². The zero-order valence-corrected chi connectivity index (χ0v) is 18.2. The first-order chi connectivity index (χ1) is 16.1. The molecule has 0 saturated heterocycles. The number of hydrogen-bond acceptors (Lipinski definition) is 8. The predicted molar refractivity (Wildman–Crippen MR) is 124 cm³/mol. The molecule has 4 rings (SSSR count). The summed E-state index contributed by atoms with van der Waals surface area (Å²) in [6.07, 6.45) is 3.34. The van der Waals surface area contributed by atoms with E-state index in [1.54, 1.807) is 18.5 Å². The monoisotopic (exact) mass is 462 g/mol. The molecule has 0 aliphatic heterocycles. The first-order valence-corrected chi connectivity index (χ1v) is 10.7. The summed E-state index contributed by atoms with van der Waals surface area (Å²) in [5.74, 6) is 0.497. The van der Waals surface area contributed by atoms with Gasteiger partial charge in [0, 0.05) is 23.6 Å². The summed E-state index contributed by atoms with van der Waals surface area (Å²) in [5.41, 5.74) is 1.50. The second kappa shape index (κ2) is 9.92. The van der Waals surface area contributed by atoms with Crippen LogP contribution in [0.2, 0.25) is 0 Å². The molecule has 166 valence electrons. The molecule has 4 aromatic rings. The van der Waals surface area contributed by atoms with Gasteiger partial charge in [0.25, 0.3) is 5.69 Å². The number of pyridine rings is 1. The molecule has 2 aromatic carbocycles. The van der Waals surface area contributed by atoms with E-state index in [1.807, 2.05) is 47.0 Å². The number of rotatable bonds is 8. The van der Waals surface area contributed by atoms with E-state index in [4.69, 9.17) is 4.74 Å². The van der Waals surface area contributed by atoms with Gasteiger partial charge < -0.3 is 10.1 Å². The van der Waals surface area contributed by atoms with Crippen molar-refractivity contribution in [3.05, 3.63) is 83.2 Å². The molecule has 0 bridgehead atoms. The van der Waals surface area contributed by atoms with Crippen LogP contribution in [0.1, 0.15) is 0 Å². The molecular weight excluding hydrogens is 444 g/mol. The third-order valence-corrected chi connectivity index (χ3v) is 5.52. The highest BCUT2D eigenvalue weighted by molar-refractivity contribution is 7.99. The molecule has 0 aliphatic rings. The number of nitrogens with one attached hydrogen (secondary N) is 1. The van der Waals surface area contributed by atoms with Crippen LogP contribution in [0.15, 0.2) is 78.2 Å². The lowest BCUT2D eigenvalue weighted by Gasteiger charge is -2.10. The Morgan fingerprint density at radius 3 is 2.58 bits per heavy atom. The molecule has 1 amide bonds. The number of thioether (sulfide) groups is 1. The van der Waals surface area contributed by atoms with Gasteiger partial charge in [-0.25, -0.2) is 0 Å². The van der Waals surface area contributed by atoms with Gasteiger partial charge >= 0.3 is 0 Å². The molecule has 0 spiro atoms. The van der Waals surface area contributed by atoms with Crippen molar-refractivity contribution in [2.75, 3.05) is 18.2 Å². The maximum absolute atomic E-state index is 12.6. The molecule has 0 saturated carbocycles. The highest BCUT2D eigenvalue weighted by atomic mass is 32.2. The summed E-state index contributed by atoms with van der Waals surface area (Å²) in [5, 5.41) is 23.0. The van der Waals surface area contributed by atoms with E-state index in [2.05, 4.69) is 20.5 Å². The van der Waals surface area contributed by atoms with E-state index in [0.717, 1.165) is 11.3 Å². The standard InChI is InChI=1S/C22H18N6O4S/c1-32-17-7-8-18(19(13-17)28(30)31)24-20(29)14-33-22-26-25-21(15-9-11-23-12-10-15)27(22)16-5-3-2-4-6-16/h2-13H,14H2,1H3,(H,24,29). The number of nitro groups is 1. The van der Waals surface area contributed by atoms with Crippen molar-refractivity contribution in [1.29, 1.82) is 0 Å². The Morgan fingerprint density at radius 1 is 1.12 bits per heavy atom. The number of para-hydroxylation sites is 1. The van der Waals surface area contributed by atoms with Crippen LogP contribution >= 0.6 is 11.8 Å². The third-order valence-electron chi connectivity index (χ3n) is 4.59. The predicted octanol–water partition coefficient (Wildman–Crippen LogP) is 3.98. The molecule has 2 heterocycles. The molecule has 0 radical (unpaired) electrons. The van der Waals surface area contributed by atoms with Crippen LogP contribution in [0.3, 0.4) is 0 Å². The van der Waals surface area contributed by atoms with Gasteiger partial charge in [-0.05, 0) is 36.4 Å². The van der Waals surface area contributed by atoms with Crippen molar-refractivity contribution in [3.63, 3.8) is 0 Å². The number of ether oxygens (including phenoxy) is 1. The Hall–Kier alpha value is -4.25. The van der Waals surface area contributed by atoms with Crippen molar-refractivity contribution < 1.29 is 14.5 Å². The molecule has 0 atom stereocenters. The van der Waals surface area contributed by atoms with Crippen LogP contribution in [0.4, 0.5) is 11.4 Å². The van der Waals surface area contributed by atoms with Crippen molar-refractivity contribution in [2.45, 2.75) is 5.16 Å². The highest BCUT2D eigenvalue weighted by Gasteiger charge is 2.20. The van der Waals surface area contributed by atoms with E-state index in [1.165, 1.54) is 31.0 Å². The van der Waals surface area contributed by atoms with Crippen LogP contribution in [-0.4, -0.2) is 43.4 Å². The fourth-order valence-electron chi connectivity index (χ4n) is 3.07. The number of anilines is 1. The lowest BCUT2D eigenvalue weighted by Crippen LogP contribution is -2.15. The number of amides is 1. The highest BCUT2D eigenvalue weighted by Crippen LogP contribution is 2.30. The van der Waals surface area contributed by atoms with Crippen molar-refractivity contribution in [2.24, 2.45) is 0 Å². The maximum atomic E-state index is 12.6. The summed E-state index contributed by atoms with van der Waals surface area (Å²) >= 11 is 1.17. The van der Waals surface area contributed by atoms with Gasteiger partial charge in [-0.3, -0.25) is 24.5 Å². The average Bonchev–Trinajstić information content (AvgIpc) is 3.28. The van der Waals surface area contributed by atoms with Gasteiger partial charge in [0.15, 0.2) is 11.0 Å². The number of carbonyl (C=O) groups excluding carboxylic acids is 1. The Balaban J connectivity index is 1.56. The number of nitrogens with zero attached hydrogens (tertiary/aromatic N) is 5. The topological polar surface area (TPSA) is 125 Å². The smallest absolute Gasteiger partial charge is 0.296 e. The minimum atomic E-state index is -0.571. The summed E-state index contributed by atoms with van der Waals surface area (Å²) in [6.45, 7) is 0. The zero-order valence-electron chi connectivity index (χ0n) is 17.4. The SMILES string of the molecule is COc1ccc(NC(=O)CSc2nnc(-c3ccncc3)n2-c2ccccc2)c([N+](=O)[O-])c1. The zero-order chi connectivity index (χ0) is 23.2. The van der Waals surface area contributed by atoms with Gasteiger partial charge in [-0.1, -0.05) is 30.0 Å². The minimum Gasteiger partial charge on any atom is -0.496 e. The third kappa shape index (κ3) is 4.99. The molecular formula is C22H18N6O4S. The largest absolute Gasteiger partial charge is 0.496 e. The molecule has 11 heteroatoms. The van der Waals surface area contributed by atoms with Crippen LogP contribution < -0.4 is 10.1 Å². The van der Waals surface area contributed by atoms with Crippen LogP contribution in [0.25, 0.3) is 17.1 Å². The van der Waals surface area contributed by atoms with Gasteiger partial charge in [0.05, 0.1) is 23.9 Å². The van der Waals surface area contributed by atoms with Crippen molar-refractivity contribution in [1.82, 2.24) is 19.7 Å². The Morgan fingerprint density at radius 2 is 1.88 bits per heavy atom. The molecule has 2 aromatic heterocycles. The Labute approximate surface area is 192 Å². The van der Waals surface area contributed by atoms with Crippen LogP contribution in [0.5, 0.6) is 5.75 Å². The van der Waals surface area contributed by atoms with Gasteiger partial charge in [0.2, 0.25) is 5.91 Å². The number of methoxy groups -OCH3 is 1. The van der Waals surface area contributed by atoms with Gasteiger partial charge in [0.1, 0.15) is 11.4 Å². The van der Waals surface area contributed by atoms with E-state index in [9.17, 15) is 14.9 Å². The molecule has 1 N–H and O–H groups in total. The average molecular weight is 462 g/mol. The fraction of sp³-hybridized carbons (Fsp3) is 0.0909. The normalized spacial score (nSPS) is 10.6. The van der Waals surface area contributed by atoms with E-state index < -0.39 is 10.8 Å². The summed E-state index contributed by atoms with van der Waals surface area (Å²) in [7, 11) is 1.41. The fourth-order valence-corrected chi connectivity index (χ4v) is 3.82.